The molecule has 3 unspecified atom stereocenters. The molecule has 0 N–H and O–H groups in total. The van der Waals surface area contributed by atoms with Crippen LogP contribution in [0.25, 0.3) is 0 Å². The lowest BCUT2D eigenvalue weighted by atomic mass is 9.82. The summed E-state index contributed by atoms with van der Waals surface area (Å²) in [6.07, 6.45) is 13.7. The fraction of sp³-hybridized carbons (Fsp3) is 0.800. The van der Waals surface area contributed by atoms with Crippen molar-refractivity contribution in [2.24, 2.45) is 23.2 Å². The van der Waals surface area contributed by atoms with Crippen molar-refractivity contribution in [3.05, 3.63) is 22.3 Å². The molecule has 0 saturated carbocycles. The molecule has 1 rings (SSSR count). The van der Waals surface area contributed by atoms with E-state index in [2.05, 4.69) is 41.5 Å². The third-order valence-corrected chi connectivity index (χ3v) is 7.61. The van der Waals surface area contributed by atoms with Gasteiger partial charge >= 0.3 is 0 Å². The van der Waals surface area contributed by atoms with Gasteiger partial charge in [-0.15, -0.1) is 0 Å². The van der Waals surface area contributed by atoms with E-state index in [0.717, 1.165) is 30.3 Å². The molecule has 32 heavy (non-hydrogen) atoms. The first-order valence-electron chi connectivity index (χ1n) is 13.3. The minimum Gasteiger partial charge on any atom is -0.289 e. The van der Waals surface area contributed by atoms with Crippen LogP contribution in [0.2, 0.25) is 0 Å². The average Bonchev–Trinajstić information content (AvgIpc) is 2.69. The van der Waals surface area contributed by atoms with Gasteiger partial charge in [-0.3, -0.25) is 9.59 Å². The predicted octanol–water partition coefficient (Wildman–Crippen LogP) is 9.04. The normalized spacial score (nSPS) is 18.4. The highest BCUT2D eigenvalue weighted by atomic mass is 16.1. The third kappa shape index (κ3) is 10.2. The fourth-order valence-electron chi connectivity index (χ4n) is 4.89. The minimum absolute atomic E-state index is 0.0575. The predicted molar refractivity (Wildman–Crippen MR) is 139 cm³/mol. The molecule has 0 bridgehead atoms. The van der Waals surface area contributed by atoms with E-state index in [4.69, 9.17) is 0 Å². The van der Waals surface area contributed by atoms with E-state index in [1.807, 2.05) is 6.92 Å². The highest BCUT2D eigenvalue weighted by Gasteiger charge is 2.27. The van der Waals surface area contributed by atoms with E-state index in [1.165, 1.54) is 57.8 Å². The number of carbonyl (C=O) groups excluding carboxylic acids is 2. The van der Waals surface area contributed by atoms with Gasteiger partial charge in [0, 0.05) is 22.3 Å². The molecule has 184 valence electrons. The summed E-state index contributed by atoms with van der Waals surface area (Å²) < 4.78 is 0. The zero-order valence-electron chi connectivity index (χ0n) is 22.8. The standard InChI is InChI=1S/C30H52O2/c1-21(13-10-15-22(2)17-12-20-30(7,8)9)14-11-16-23(3)18-19-27-26(6)28(31)24(4)25(5)29(27)32/h21-23H,10-20H2,1-9H3. The minimum atomic E-state index is 0.0575. The van der Waals surface area contributed by atoms with Crippen molar-refractivity contribution in [3.8, 4) is 0 Å². The Bertz CT molecular complexity index is 686. The number of hydrogen-bond acceptors (Lipinski definition) is 2. The molecule has 3 atom stereocenters. The van der Waals surface area contributed by atoms with Gasteiger partial charge in [-0.1, -0.05) is 92.9 Å². The second-order valence-corrected chi connectivity index (χ2v) is 12.2. The summed E-state index contributed by atoms with van der Waals surface area (Å²) in [6.45, 7) is 19.5. The van der Waals surface area contributed by atoms with Crippen LogP contribution in [0.1, 0.15) is 133 Å². The van der Waals surface area contributed by atoms with Gasteiger partial charge < -0.3 is 0 Å². The molecular weight excluding hydrogens is 392 g/mol. The van der Waals surface area contributed by atoms with Crippen molar-refractivity contribution in [1.82, 2.24) is 0 Å². The van der Waals surface area contributed by atoms with E-state index >= 15 is 0 Å². The maximum atomic E-state index is 12.6. The van der Waals surface area contributed by atoms with Crippen molar-refractivity contribution in [3.63, 3.8) is 0 Å². The molecule has 0 aromatic carbocycles. The number of Topliss-reactive ketones (excluding diaryl/α,β-unsaturated/α-hetero) is 2. The van der Waals surface area contributed by atoms with Gasteiger partial charge in [-0.05, 0) is 63.2 Å². The molecule has 1 aliphatic rings. The molecule has 0 radical (unpaired) electrons. The lowest BCUT2D eigenvalue weighted by Gasteiger charge is -2.20. The van der Waals surface area contributed by atoms with Crippen molar-refractivity contribution in [1.29, 1.82) is 0 Å². The summed E-state index contributed by atoms with van der Waals surface area (Å²) in [6, 6.07) is 0. The zero-order chi connectivity index (χ0) is 24.5. The monoisotopic (exact) mass is 444 g/mol. The Morgan fingerprint density at radius 2 is 1.00 bits per heavy atom. The Hall–Kier alpha value is -1.18. The fourth-order valence-corrected chi connectivity index (χ4v) is 4.89. The van der Waals surface area contributed by atoms with E-state index < -0.39 is 0 Å². The Morgan fingerprint density at radius 1 is 0.594 bits per heavy atom. The van der Waals surface area contributed by atoms with Crippen LogP contribution in [0.4, 0.5) is 0 Å². The average molecular weight is 445 g/mol. The van der Waals surface area contributed by atoms with Gasteiger partial charge in [0.25, 0.3) is 0 Å². The largest absolute Gasteiger partial charge is 0.289 e. The molecule has 0 aliphatic heterocycles. The Kier molecular flexibility index (Phi) is 12.2. The van der Waals surface area contributed by atoms with E-state index in [1.54, 1.807) is 13.8 Å². The second kappa shape index (κ2) is 13.5. The Balaban J connectivity index is 2.22. The van der Waals surface area contributed by atoms with Crippen LogP contribution < -0.4 is 0 Å². The van der Waals surface area contributed by atoms with Crippen LogP contribution in [0.3, 0.4) is 0 Å². The topological polar surface area (TPSA) is 34.1 Å². The number of hydrogen-bond donors (Lipinski definition) is 0. The van der Waals surface area contributed by atoms with Crippen molar-refractivity contribution >= 4 is 11.6 Å². The molecule has 0 fully saturated rings. The van der Waals surface area contributed by atoms with Crippen LogP contribution >= 0.6 is 0 Å². The van der Waals surface area contributed by atoms with Crippen LogP contribution in [0.15, 0.2) is 22.3 Å². The van der Waals surface area contributed by atoms with Gasteiger partial charge in [-0.2, -0.15) is 0 Å². The Morgan fingerprint density at radius 3 is 1.47 bits per heavy atom. The first-order valence-corrected chi connectivity index (χ1v) is 13.3. The van der Waals surface area contributed by atoms with Crippen LogP contribution in [0, 0.1) is 23.2 Å². The molecule has 2 heteroatoms. The van der Waals surface area contributed by atoms with Crippen molar-refractivity contribution in [2.75, 3.05) is 0 Å². The van der Waals surface area contributed by atoms with Crippen molar-refractivity contribution < 1.29 is 9.59 Å². The highest BCUT2D eigenvalue weighted by Crippen LogP contribution is 2.30. The SMILES string of the molecule is CC1=C(C)C(=O)C(CCC(C)CCCC(C)CCCC(C)CCCC(C)(C)C)=C(C)C1=O. The summed E-state index contributed by atoms with van der Waals surface area (Å²) in [5.41, 5.74) is 3.17. The molecule has 0 spiro atoms. The van der Waals surface area contributed by atoms with Gasteiger partial charge in [0.2, 0.25) is 0 Å². The van der Waals surface area contributed by atoms with E-state index in [9.17, 15) is 9.59 Å². The number of allylic oxidation sites excluding steroid dienone is 4. The molecule has 0 aromatic heterocycles. The third-order valence-electron chi connectivity index (χ3n) is 7.61. The number of rotatable bonds is 14. The first-order chi connectivity index (χ1) is 14.8. The van der Waals surface area contributed by atoms with Gasteiger partial charge in [-0.25, -0.2) is 0 Å². The van der Waals surface area contributed by atoms with Crippen LogP contribution in [0.5, 0.6) is 0 Å². The Labute approximate surface area is 199 Å². The van der Waals surface area contributed by atoms with E-state index in [-0.39, 0.29) is 11.6 Å². The maximum absolute atomic E-state index is 12.6. The highest BCUT2D eigenvalue weighted by molar-refractivity contribution is 6.24. The second-order valence-electron chi connectivity index (χ2n) is 12.2. The summed E-state index contributed by atoms with van der Waals surface area (Å²) in [5.74, 6) is 2.41. The molecule has 0 aromatic rings. The summed E-state index contributed by atoms with van der Waals surface area (Å²) in [5, 5.41) is 0. The molecular formula is C30H52O2. The molecule has 2 nitrogen and oxygen atoms in total. The first kappa shape index (κ1) is 28.9. The number of ketones is 2. The smallest absolute Gasteiger partial charge is 0.185 e. The summed E-state index contributed by atoms with van der Waals surface area (Å²) in [4.78, 5) is 24.9. The molecule has 0 amide bonds. The quantitative estimate of drug-likeness (QED) is 0.250. The van der Waals surface area contributed by atoms with Crippen LogP contribution in [-0.4, -0.2) is 11.6 Å². The molecule has 0 heterocycles. The van der Waals surface area contributed by atoms with Crippen molar-refractivity contribution in [2.45, 2.75) is 133 Å². The molecule has 1 aliphatic carbocycles. The number of carbonyl (C=O) groups is 2. The maximum Gasteiger partial charge on any atom is 0.185 e. The molecule has 0 saturated heterocycles. The van der Waals surface area contributed by atoms with Gasteiger partial charge in [0.05, 0.1) is 0 Å². The lowest BCUT2D eigenvalue weighted by molar-refractivity contribution is -0.116. The lowest BCUT2D eigenvalue weighted by Crippen LogP contribution is -2.21. The van der Waals surface area contributed by atoms with Gasteiger partial charge in [0.15, 0.2) is 11.6 Å². The summed E-state index contributed by atoms with van der Waals surface area (Å²) in [7, 11) is 0. The zero-order valence-corrected chi connectivity index (χ0v) is 22.8. The summed E-state index contributed by atoms with van der Waals surface area (Å²) >= 11 is 0. The van der Waals surface area contributed by atoms with E-state index in [0.29, 0.717) is 28.1 Å². The van der Waals surface area contributed by atoms with Gasteiger partial charge in [0.1, 0.15) is 0 Å². The van der Waals surface area contributed by atoms with Crippen LogP contribution in [-0.2, 0) is 9.59 Å².